The fraction of sp³-hybridized carbons (Fsp3) is 1.00. The van der Waals surface area contributed by atoms with Crippen molar-refractivity contribution in [2.75, 3.05) is 31.1 Å². The fourth-order valence-corrected chi connectivity index (χ4v) is 1.40. The van der Waals surface area contributed by atoms with Crippen molar-refractivity contribution in [1.82, 2.24) is 5.32 Å². The van der Waals surface area contributed by atoms with Crippen molar-refractivity contribution in [2.24, 2.45) is 5.73 Å². The number of hydrogen-bond donors (Lipinski definition) is 2. The van der Waals surface area contributed by atoms with E-state index in [0.29, 0.717) is 0 Å². The van der Waals surface area contributed by atoms with Gasteiger partial charge in [-0.3, -0.25) is 0 Å². The minimum atomic E-state index is 0.748. The van der Waals surface area contributed by atoms with Crippen molar-refractivity contribution < 1.29 is 0 Å². The number of hydrogen-bond acceptors (Lipinski definition) is 3. The lowest BCUT2D eigenvalue weighted by Gasteiger charge is -2.00. The third-order valence-electron chi connectivity index (χ3n) is 1.09. The lowest BCUT2D eigenvalue weighted by molar-refractivity contribution is 0.729. The van der Waals surface area contributed by atoms with Crippen LogP contribution in [0.1, 0.15) is 13.3 Å². The Morgan fingerprint density at radius 1 is 1.30 bits per heavy atom. The quantitative estimate of drug-likeness (QED) is 0.541. The van der Waals surface area contributed by atoms with Gasteiger partial charge in [0.15, 0.2) is 0 Å². The summed E-state index contributed by atoms with van der Waals surface area (Å²) in [6.45, 7) is 5.01. The highest BCUT2D eigenvalue weighted by Gasteiger charge is 1.85. The van der Waals surface area contributed by atoms with Gasteiger partial charge >= 0.3 is 0 Å². The molecule has 0 amide bonds. The minimum absolute atomic E-state index is 0.748. The molecule has 0 bridgehead atoms. The minimum Gasteiger partial charge on any atom is -0.329 e. The highest BCUT2D eigenvalue weighted by Crippen LogP contribution is 1.99. The summed E-state index contributed by atoms with van der Waals surface area (Å²) in [4.78, 5) is 0. The monoisotopic (exact) mass is 162 g/mol. The zero-order valence-electron chi connectivity index (χ0n) is 6.73. The summed E-state index contributed by atoms with van der Waals surface area (Å²) in [5.74, 6) is 2.50. The normalized spacial score (nSPS) is 10.2. The Labute approximate surface area is 67.9 Å². The summed E-state index contributed by atoms with van der Waals surface area (Å²) in [5, 5.41) is 3.25. The van der Waals surface area contributed by atoms with Crippen molar-refractivity contribution in [3.8, 4) is 0 Å². The second-order valence-corrected chi connectivity index (χ2v) is 3.38. The van der Waals surface area contributed by atoms with Crippen LogP contribution < -0.4 is 11.1 Å². The molecule has 0 aromatic heterocycles. The van der Waals surface area contributed by atoms with E-state index >= 15 is 0 Å². The number of rotatable bonds is 7. The van der Waals surface area contributed by atoms with Gasteiger partial charge in [0.2, 0.25) is 0 Å². The largest absolute Gasteiger partial charge is 0.329 e. The predicted octanol–water partition coefficient (Wildman–Crippen LogP) is 0.678. The molecule has 0 heterocycles. The molecule has 0 aliphatic rings. The van der Waals surface area contributed by atoms with Gasteiger partial charge in [0.25, 0.3) is 0 Å². The molecule has 0 aromatic carbocycles. The molecule has 0 aromatic rings. The molecule has 0 saturated carbocycles. The molecule has 10 heavy (non-hydrogen) atoms. The van der Waals surface area contributed by atoms with E-state index in [0.717, 1.165) is 19.6 Å². The van der Waals surface area contributed by atoms with Crippen molar-refractivity contribution in [3.63, 3.8) is 0 Å². The Morgan fingerprint density at radius 3 is 2.70 bits per heavy atom. The average molecular weight is 162 g/mol. The van der Waals surface area contributed by atoms with Crippen molar-refractivity contribution in [1.29, 1.82) is 0 Å². The van der Waals surface area contributed by atoms with E-state index < -0.39 is 0 Å². The molecule has 0 radical (unpaired) electrons. The van der Waals surface area contributed by atoms with Gasteiger partial charge in [-0.05, 0) is 12.2 Å². The molecule has 0 aliphatic heterocycles. The first-order valence-electron chi connectivity index (χ1n) is 3.90. The molecule has 62 valence electrons. The molecule has 3 heteroatoms. The van der Waals surface area contributed by atoms with Gasteiger partial charge in [0.05, 0.1) is 0 Å². The maximum Gasteiger partial charge on any atom is 0.00748 e. The van der Waals surface area contributed by atoms with Crippen molar-refractivity contribution >= 4 is 11.8 Å². The molecule has 0 saturated heterocycles. The first-order chi connectivity index (χ1) is 4.91. The van der Waals surface area contributed by atoms with Gasteiger partial charge in [-0.15, -0.1) is 0 Å². The summed E-state index contributed by atoms with van der Waals surface area (Å²) in [6, 6.07) is 0. The van der Waals surface area contributed by atoms with Gasteiger partial charge in [-0.25, -0.2) is 0 Å². The SMILES string of the molecule is CCCSCCNCCN. The van der Waals surface area contributed by atoms with Crippen LogP contribution in [0.5, 0.6) is 0 Å². The van der Waals surface area contributed by atoms with Crippen LogP contribution in [0.15, 0.2) is 0 Å². The summed E-state index contributed by atoms with van der Waals surface area (Å²) >= 11 is 2.00. The van der Waals surface area contributed by atoms with Gasteiger partial charge in [-0.1, -0.05) is 6.92 Å². The van der Waals surface area contributed by atoms with Gasteiger partial charge < -0.3 is 11.1 Å². The summed E-state index contributed by atoms with van der Waals surface area (Å²) < 4.78 is 0. The summed E-state index contributed by atoms with van der Waals surface area (Å²) in [7, 11) is 0. The Hall–Kier alpha value is 0.270. The number of nitrogens with two attached hydrogens (primary N) is 1. The van der Waals surface area contributed by atoms with Crippen LogP contribution in [0.4, 0.5) is 0 Å². The van der Waals surface area contributed by atoms with Gasteiger partial charge in [0, 0.05) is 25.4 Å². The molecule has 2 nitrogen and oxygen atoms in total. The van der Waals surface area contributed by atoms with Crippen LogP contribution in [0.25, 0.3) is 0 Å². The van der Waals surface area contributed by atoms with Gasteiger partial charge in [-0.2, -0.15) is 11.8 Å². The Morgan fingerprint density at radius 2 is 2.10 bits per heavy atom. The Bertz CT molecular complexity index is 51.6. The van der Waals surface area contributed by atoms with Gasteiger partial charge in [0.1, 0.15) is 0 Å². The third-order valence-corrected chi connectivity index (χ3v) is 2.28. The van der Waals surface area contributed by atoms with E-state index in [9.17, 15) is 0 Å². The van der Waals surface area contributed by atoms with Crippen LogP contribution in [0.2, 0.25) is 0 Å². The topological polar surface area (TPSA) is 38.0 Å². The molecule has 3 N–H and O–H groups in total. The van der Waals surface area contributed by atoms with E-state index in [2.05, 4.69) is 12.2 Å². The lowest BCUT2D eigenvalue weighted by atomic mass is 10.6. The summed E-state index contributed by atoms with van der Waals surface area (Å²) in [6.07, 6.45) is 1.28. The standard InChI is InChI=1S/C7H18N2S/c1-2-6-10-7-5-9-4-3-8/h9H,2-8H2,1H3. The van der Waals surface area contributed by atoms with Crippen LogP contribution in [-0.4, -0.2) is 31.1 Å². The first kappa shape index (κ1) is 10.3. The van der Waals surface area contributed by atoms with E-state index in [1.807, 2.05) is 11.8 Å². The first-order valence-corrected chi connectivity index (χ1v) is 5.05. The number of thioether (sulfide) groups is 1. The maximum absolute atomic E-state index is 5.30. The molecule has 0 rings (SSSR count). The van der Waals surface area contributed by atoms with E-state index in [1.54, 1.807) is 0 Å². The molecule has 0 unspecified atom stereocenters. The molecule has 0 aliphatic carbocycles. The van der Waals surface area contributed by atoms with Crippen LogP contribution in [-0.2, 0) is 0 Å². The Balaban J connectivity index is 2.65. The molecular weight excluding hydrogens is 144 g/mol. The number of nitrogens with one attached hydrogen (secondary N) is 1. The van der Waals surface area contributed by atoms with Crippen LogP contribution >= 0.6 is 11.8 Å². The zero-order chi connectivity index (χ0) is 7.66. The van der Waals surface area contributed by atoms with E-state index in [4.69, 9.17) is 5.73 Å². The van der Waals surface area contributed by atoms with Crippen LogP contribution in [0.3, 0.4) is 0 Å². The maximum atomic E-state index is 5.30. The zero-order valence-corrected chi connectivity index (χ0v) is 7.54. The van der Waals surface area contributed by atoms with E-state index in [-0.39, 0.29) is 0 Å². The van der Waals surface area contributed by atoms with Crippen molar-refractivity contribution in [2.45, 2.75) is 13.3 Å². The third kappa shape index (κ3) is 8.27. The fourth-order valence-electron chi connectivity index (χ4n) is 0.618. The average Bonchev–Trinajstić information content (AvgIpc) is 1.97. The molecule has 0 atom stereocenters. The van der Waals surface area contributed by atoms with Crippen molar-refractivity contribution in [3.05, 3.63) is 0 Å². The highest BCUT2D eigenvalue weighted by molar-refractivity contribution is 7.99. The highest BCUT2D eigenvalue weighted by atomic mass is 32.2. The molecule has 0 spiro atoms. The van der Waals surface area contributed by atoms with Crippen LogP contribution in [0, 0.1) is 0 Å². The molecular formula is C7H18N2S. The second-order valence-electron chi connectivity index (χ2n) is 2.15. The lowest BCUT2D eigenvalue weighted by Crippen LogP contribution is -2.24. The predicted molar refractivity (Wildman–Crippen MR) is 49.5 cm³/mol. The van der Waals surface area contributed by atoms with E-state index in [1.165, 1.54) is 17.9 Å². The summed E-state index contributed by atoms with van der Waals surface area (Å²) in [5.41, 5.74) is 5.30. The second kappa shape index (κ2) is 9.27. The molecule has 0 fully saturated rings. The smallest absolute Gasteiger partial charge is 0.00748 e. The Kier molecular flexibility index (Phi) is 9.52.